The van der Waals surface area contributed by atoms with E-state index in [1.54, 1.807) is 17.7 Å². The predicted molar refractivity (Wildman–Crippen MR) is 123 cm³/mol. The SMILES string of the molecule is Cc1cc(C(=O)N2CCC(N3C[C](n4cc(-c5ncnc6[nH]ccc56)cn4)C3)CC2)cs1. The second-order valence-electron chi connectivity index (χ2n) is 8.58. The van der Waals surface area contributed by atoms with E-state index in [0.717, 1.165) is 66.9 Å². The van der Waals surface area contributed by atoms with E-state index in [2.05, 4.69) is 31.1 Å². The zero-order chi connectivity index (χ0) is 21.7. The molecule has 0 saturated carbocycles. The van der Waals surface area contributed by atoms with Gasteiger partial charge in [0.2, 0.25) is 0 Å². The second kappa shape index (κ2) is 7.83. The lowest BCUT2D eigenvalue weighted by Gasteiger charge is -2.46. The quantitative estimate of drug-likeness (QED) is 0.521. The molecule has 2 aliphatic heterocycles. The minimum absolute atomic E-state index is 0.175. The van der Waals surface area contributed by atoms with Gasteiger partial charge in [0, 0.05) is 65.8 Å². The van der Waals surface area contributed by atoms with Gasteiger partial charge in [0.05, 0.1) is 17.5 Å². The van der Waals surface area contributed by atoms with Crippen molar-refractivity contribution in [2.75, 3.05) is 26.2 Å². The molecule has 0 spiro atoms. The third-order valence-corrected chi connectivity index (χ3v) is 7.41. The van der Waals surface area contributed by atoms with E-state index in [0.29, 0.717) is 6.04 Å². The molecule has 8 nitrogen and oxygen atoms in total. The van der Waals surface area contributed by atoms with Crippen LogP contribution >= 0.6 is 11.3 Å². The van der Waals surface area contributed by atoms with Crippen molar-refractivity contribution in [3.8, 4) is 11.3 Å². The summed E-state index contributed by atoms with van der Waals surface area (Å²) in [5.41, 5.74) is 3.57. The number of nitrogens with one attached hydrogen (secondary N) is 1. The normalized spacial score (nSPS) is 18.3. The number of aromatic amines is 1. The largest absolute Gasteiger partial charge is 0.346 e. The molecule has 1 amide bonds. The summed E-state index contributed by atoms with van der Waals surface area (Å²) >= 11 is 1.64. The first-order chi connectivity index (χ1) is 15.7. The minimum atomic E-state index is 0.175. The molecule has 6 heterocycles. The Balaban J connectivity index is 1.05. The number of hydrogen-bond donors (Lipinski definition) is 1. The van der Waals surface area contributed by atoms with Gasteiger partial charge in [-0.05, 0) is 31.9 Å². The van der Waals surface area contributed by atoms with Gasteiger partial charge in [0.1, 0.15) is 18.0 Å². The number of thiophene rings is 1. The van der Waals surface area contributed by atoms with Crippen LogP contribution in [0.25, 0.3) is 22.3 Å². The molecule has 0 aliphatic carbocycles. The summed E-state index contributed by atoms with van der Waals surface area (Å²) in [7, 11) is 0. The molecule has 163 valence electrons. The van der Waals surface area contributed by atoms with Crippen LogP contribution in [-0.4, -0.2) is 72.7 Å². The van der Waals surface area contributed by atoms with E-state index in [4.69, 9.17) is 0 Å². The standard InChI is InChI=1S/C23H24N7OS/c1-15-8-16(13-32-15)23(31)28-6-3-18(4-7-28)29-11-19(12-29)30-10-17(9-27-30)21-20-2-5-24-22(20)26-14-25-21/h2,5,8-10,13-14,18H,3-4,6-7,11-12H2,1H3,(H,24,25,26). The van der Waals surface area contributed by atoms with Crippen molar-refractivity contribution in [3.05, 3.63) is 58.9 Å². The van der Waals surface area contributed by atoms with Crippen LogP contribution in [0.5, 0.6) is 0 Å². The van der Waals surface area contributed by atoms with E-state index < -0.39 is 0 Å². The van der Waals surface area contributed by atoms with Gasteiger partial charge in [0.25, 0.3) is 5.91 Å². The van der Waals surface area contributed by atoms with Gasteiger partial charge in [-0.1, -0.05) is 0 Å². The third-order valence-electron chi connectivity index (χ3n) is 6.55. The first kappa shape index (κ1) is 19.6. The molecule has 0 atom stereocenters. The van der Waals surface area contributed by atoms with Crippen molar-refractivity contribution >= 4 is 28.3 Å². The number of H-pyrrole nitrogens is 1. The van der Waals surface area contributed by atoms with Crippen molar-refractivity contribution in [3.63, 3.8) is 0 Å². The zero-order valence-electron chi connectivity index (χ0n) is 17.9. The number of nitrogens with zero attached hydrogens (tertiary/aromatic N) is 6. The number of rotatable bonds is 4. The number of fused-ring (bicyclic) bond motifs is 1. The Bertz CT molecular complexity index is 1260. The van der Waals surface area contributed by atoms with Gasteiger partial charge in [0.15, 0.2) is 0 Å². The summed E-state index contributed by atoms with van der Waals surface area (Å²) in [6, 6.07) is 5.82. The number of hydrogen-bond acceptors (Lipinski definition) is 6. The molecule has 6 rings (SSSR count). The Morgan fingerprint density at radius 1 is 1.22 bits per heavy atom. The molecular weight excluding hydrogens is 422 g/mol. The maximum absolute atomic E-state index is 12.7. The molecule has 4 aromatic heterocycles. The molecular formula is C23H24N7OS. The lowest BCUT2D eigenvalue weighted by atomic mass is 9.97. The molecule has 0 bridgehead atoms. The molecule has 9 heteroatoms. The van der Waals surface area contributed by atoms with E-state index in [1.807, 2.05) is 46.4 Å². The smallest absolute Gasteiger partial charge is 0.254 e. The van der Waals surface area contributed by atoms with Crippen LogP contribution in [0, 0.1) is 13.0 Å². The van der Waals surface area contributed by atoms with Crippen LogP contribution in [0.1, 0.15) is 28.1 Å². The molecule has 1 radical (unpaired) electrons. The number of piperidine rings is 1. The summed E-state index contributed by atoms with van der Waals surface area (Å²) in [4.78, 5) is 30.2. The van der Waals surface area contributed by atoms with Crippen molar-refractivity contribution in [1.82, 2.24) is 34.5 Å². The van der Waals surface area contributed by atoms with Crippen molar-refractivity contribution in [2.24, 2.45) is 0 Å². The van der Waals surface area contributed by atoms with Gasteiger partial charge < -0.3 is 9.88 Å². The highest BCUT2D eigenvalue weighted by molar-refractivity contribution is 7.10. The van der Waals surface area contributed by atoms with Crippen molar-refractivity contribution < 1.29 is 4.79 Å². The summed E-state index contributed by atoms with van der Waals surface area (Å²) in [5.74, 6) is 0.175. The highest BCUT2D eigenvalue weighted by Crippen LogP contribution is 2.30. The van der Waals surface area contributed by atoms with Crippen LogP contribution in [0.3, 0.4) is 0 Å². The molecule has 2 fully saturated rings. The fourth-order valence-electron chi connectivity index (χ4n) is 4.72. The first-order valence-corrected chi connectivity index (χ1v) is 11.8. The monoisotopic (exact) mass is 446 g/mol. The summed E-state index contributed by atoms with van der Waals surface area (Å²) < 4.78 is 1.99. The van der Waals surface area contributed by atoms with E-state index in [1.165, 1.54) is 10.9 Å². The number of likely N-dealkylation sites (tertiary alicyclic amines) is 2. The molecule has 32 heavy (non-hydrogen) atoms. The Hall–Kier alpha value is -3.04. The van der Waals surface area contributed by atoms with Crippen LogP contribution in [0.2, 0.25) is 0 Å². The summed E-state index contributed by atoms with van der Waals surface area (Å²) in [6.07, 6.45) is 9.45. The topological polar surface area (TPSA) is 82.9 Å². The summed E-state index contributed by atoms with van der Waals surface area (Å²) in [6.45, 7) is 5.55. The highest BCUT2D eigenvalue weighted by atomic mass is 32.1. The average Bonchev–Trinajstić information content (AvgIpc) is 3.53. The van der Waals surface area contributed by atoms with E-state index >= 15 is 0 Å². The molecule has 0 aromatic carbocycles. The highest BCUT2D eigenvalue weighted by Gasteiger charge is 2.37. The Kier molecular flexibility index (Phi) is 4.80. The number of aromatic nitrogens is 5. The van der Waals surface area contributed by atoms with Gasteiger partial charge in [-0.25, -0.2) is 9.97 Å². The van der Waals surface area contributed by atoms with Gasteiger partial charge >= 0.3 is 0 Å². The lowest BCUT2D eigenvalue weighted by Crippen LogP contribution is -2.56. The van der Waals surface area contributed by atoms with Crippen molar-refractivity contribution in [2.45, 2.75) is 25.8 Å². The van der Waals surface area contributed by atoms with Gasteiger partial charge in [-0.3, -0.25) is 14.4 Å². The average molecular weight is 447 g/mol. The Labute approximate surface area is 189 Å². The third kappa shape index (κ3) is 3.41. The Morgan fingerprint density at radius 3 is 2.84 bits per heavy atom. The minimum Gasteiger partial charge on any atom is -0.346 e. The van der Waals surface area contributed by atoms with Gasteiger partial charge in [-0.2, -0.15) is 5.10 Å². The molecule has 0 unspecified atom stereocenters. The van der Waals surface area contributed by atoms with E-state index in [9.17, 15) is 4.79 Å². The lowest BCUT2D eigenvalue weighted by molar-refractivity contribution is 0.0515. The molecule has 4 aromatic rings. The fraction of sp³-hybridized carbons (Fsp3) is 0.348. The molecule has 2 saturated heterocycles. The van der Waals surface area contributed by atoms with E-state index in [-0.39, 0.29) is 5.91 Å². The molecule has 2 aliphatic rings. The summed E-state index contributed by atoms with van der Waals surface area (Å²) in [5, 5.41) is 7.57. The van der Waals surface area contributed by atoms with Gasteiger partial charge in [-0.15, -0.1) is 11.3 Å². The second-order valence-corrected chi connectivity index (χ2v) is 9.69. The number of amides is 1. The van der Waals surface area contributed by atoms with Crippen LogP contribution < -0.4 is 0 Å². The predicted octanol–water partition coefficient (Wildman–Crippen LogP) is 3.19. The van der Waals surface area contributed by atoms with Crippen LogP contribution in [0.4, 0.5) is 0 Å². The zero-order valence-corrected chi connectivity index (χ0v) is 18.7. The number of aryl methyl sites for hydroxylation is 1. The van der Waals surface area contributed by atoms with Crippen LogP contribution in [-0.2, 0) is 0 Å². The first-order valence-electron chi connectivity index (χ1n) is 10.9. The maximum atomic E-state index is 12.7. The molecule has 1 N–H and O–H groups in total. The number of carbonyl (C=O) groups excluding carboxylic acids is 1. The fourth-order valence-corrected chi connectivity index (χ4v) is 5.40. The van der Waals surface area contributed by atoms with Crippen LogP contribution in [0.15, 0.2) is 42.4 Å². The Morgan fingerprint density at radius 2 is 2.06 bits per heavy atom. The number of carbonyl (C=O) groups is 1. The van der Waals surface area contributed by atoms with Crippen molar-refractivity contribution in [1.29, 1.82) is 0 Å². The maximum Gasteiger partial charge on any atom is 0.254 e.